The average molecular weight is 153 g/mol. The molecule has 0 spiro atoms. The molecule has 58 valence electrons. The molecule has 1 aromatic heterocycles. The van der Waals surface area contributed by atoms with E-state index in [1.165, 1.54) is 12.4 Å². The number of carbonyl (C=O) groups excluding carboxylic acids is 1. The lowest BCUT2D eigenvalue weighted by molar-refractivity contribution is -0.120. The van der Waals surface area contributed by atoms with Crippen LogP contribution >= 0.6 is 0 Å². The Morgan fingerprint density at radius 1 is 1.55 bits per heavy atom. The Morgan fingerprint density at radius 3 is 2.73 bits per heavy atom. The summed E-state index contributed by atoms with van der Waals surface area (Å²) < 4.78 is 4.77. The van der Waals surface area contributed by atoms with Crippen molar-refractivity contribution >= 4 is 5.91 Å². The Balaban J connectivity index is 2.45. The Kier molecular flexibility index (Phi) is 2.37. The molecule has 0 saturated heterocycles. The van der Waals surface area contributed by atoms with E-state index in [4.69, 9.17) is 10.5 Å². The number of aromatic nitrogens is 2. The summed E-state index contributed by atoms with van der Waals surface area (Å²) in [6.45, 7) is -0.190. The van der Waals surface area contributed by atoms with Gasteiger partial charge in [0.1, 0.15) is 0 Å². The molecular weight excluding hydrogens is 146 g/mol. The van der Waals surface area contributed by atoms with Crippen LogP contribution in [0.25, 0.3) is 0 Å². The molecule has 0 saturated carbocycles. The zero-order valence-corrected chi connectivity index (χ0v) is 5.73. The van der Waals surface area contributed by atoms with Crippen molar-refractivity contribution in [2.24, 2.45) is 5.73 Å². The van der Waals surface area contributed by atoms with Crippen LogP contribution in [0.15, 0.2) is 18.5 Å². The topological polar surface area (TPSA) is 78.1 Å². The van der Waals surface area contributed by atoms with Crippen LogP contribution < -0.4 is 10.5 Å². The number of hydrogen-bond donors (Lipinski definition) is 1. The van der Waals surface area contributed by atoms with Crippen LogP contribution in [-0.2, 0) is 4.79 Å². The molecule has 2 N–H and O–H groups in total. The van der Waals surface area contributed by atoms with Crippen molar-refractivity contribution in [1.29, 1.82) is 0 Å². The SMILES string of the molecule is NC(=O)COc1ncccn1. The maximum absolute atomic E-state index is 10.2. The molecule has 5 nitrogen and oxygen atoms in total. The fourth-order valence-corrected chi connectivity index (χ4v) is 0.496. The minimum atomic E-state index is -0.544. The fraction of sp³-hybridized carbons (Fsp3) is 0.167. The Hall–Kier alpha value is -1.65. The van der Waals surface area contributed by atoms with E-state index in [0.29, 0.717) is 0 Å². The quantitative estimate of drug-likeness (QED) is 0.625. The van der Waals surface area contributed by atoms with Gasteiger partial charge >= 0.3 is 6.01 Å². The normalized spacial score (nSPS) is 9.09. The van der Waals surface area contributed by atoms with Gasteiger partial charge in [-0.2, -0.15) is 0 Å². The zero-order valence-electron chi connectivity index (χ0n) is 5.73. The molecule has 0 unspecified atom stereocenters. The minimum absolute atomic E-state index is 0.159. The molecule has 11 heavy (non-hydrogen) atoms. The van der Waals surface area contributed by atoms with Gasteiger partial charge in [0.05, 0.1) is 0 Å². The number of carbonyl (C=O) groups is 1. The van der Waals surface area contributed by atoms with Crippen molar-refractivity contribution in [3.8, 4) is 6.01 Å². The highest BCUT2D eigenvalue weighted by molar-refractivity contribution is 5.75. The number of ether oxygens (including phenoxy) is 1. The van der Waals surface area contributed by atoms with Gasteiger partial charge in [0.15, 0.2) is 6.61 Å². The third-order valence-electron chi connectivity index (χ3n) is 0.886. The van der Waals surface area contributed by atoms with Crippen LogP contribution in [0.1, 0.15) is 0 Å². The van der Waals surface area contributed by atoms with Crippen molar-refractivity contribution in [2.45, 2.75) is 0 Å². The van der Waals surface area contributed by atoms with E-state index >= 15 is 0 Å². The maximum Gasteiger partial charge on any atom is 0.316 e. The second-order valence-corrected chi connectivity index (χ2v) is 1.79. The van der Waals surface area contributed by atoms with Crippen molar-refractivity contribution in [3.63, 3.8) is 0 Å². The summed E-state index contributed by atoms with van der Waals surface area (Å²) in [5, 5.41) is 0. The molecule has 0 atom stereocenters. The largest absolute Gasteiger partial charge is 0.453 e. The van der Waals surface area contributed by atoms with Crippen molar-refractivity contribution in [3.05, 3.63) is 18.5 Å². The lowest BCUT2D eigenvalue weighted by Crippen LogP contribution is -2.20. The summed E-state index contributed by atoms with van der Waals surface area (Å²) in [6, 6.07) is 1.81. The molecule has 0 aliphatic rings. The predicted molar refractivity (Wildman–Crippen MR) is 36.7 cm³/mol. The van der Waals surface area contributed by atoms with Crippen LogP contribution in [-0.4, -0.2) is 22.5 Å². The molecular formula is C6H7N3O2. The first kappa shape index (κ1) is 7.46. The second kappa shape index (κ2) is 3.50. The first-order valence-electron chi connectivity index (χ1n) is 2.97. The van der Waals surface area contributed by atoms with Crippen LogP contribution in [0.5, 0.6) is 6.01 Å². The fourth-order valence-electron chi connectivity index (χ4n) is 0.496. The van der Waals surface area contributed by atoms with Gasteiger partial charge in [-0.05, 0) is 6.07 Å². The first-order valence-corrected chi connectivity index (χ1v) is 2.97. The number of nitrogens with zero attached hydrogens (tertiary/aromatic N) is 2. The standard InChI is InChI=1S/C6H7N3O2/c7-5(10)4-11-6-8-2-1-3-9-6/h1-3H,4H2,(H2,7,10). The molecule has 1 heterocycles. The Morgan fingerprint density at radius 2 is 2.18 bits per heavy atom. The van der Waals surface area contributed by atoms with Gasteiger partial charge in [0.25, 0.3) is 5.91 Å². The summed E-state index contributed by atoms with van der Waals surface area (Å²) in [4.78, 5) is 17.6. The Bertz CT molecular complexity index is 237. The van der Waals surface area contributed by atoms with Gasteiger partial charge in [0.2, 0.25) is 0 Å². The zero-order chi connectivity index (χ0) is 8.10. The van der Waals surface area contributed by atoms with E-state index < -0.39 is 5.91 Å². The minimum Gasteiger partial charge on any atom is -0.453 e. The highest BCUT2D eigenvalue weighted by Gasteiger charge is 1.96. The molecule has 0 aromatic carbocycles. The first-order chi connectivity index (χ1) is 5.29. The molecule has 1 amide bonds. The smallest absolute Gasteiger partial charge is 0.316 e. The van der Waals surface area contributed by atoms with Crippen LogP contribution in [0.3, 0.4) is 0 Å². The van der Waals surface area contributed by atoms with Crippen LogP contribution in [0.4, 0.5) is 0 Å². The van der Waals surface area contributed by atoms with E-state index in [1.807, 2.05) is 0 Å². The van der Waals surface area contributed by atoms with Gasteiger partial charge in [-0.3, -0.25) is 4.79 Å². The van der Waals surface area contributed by atoms with E-state index in [2.05, 4.69) is 9.97 Å². The summed E-state index contributed by atoms with van der Waals surface area (Å²) in [7, 11) is 0. The molecule has 5 heteroatoms. The highest BCUT2D eigenvalue weighted by atomic mass is 16.5. The predicted octanol–water partition coefficient (Wildman–Crippen LogP) is -0.659. The average Bonchev–Trinajstić information content (AvgIpc) is 2.03. The number of amides is 1. The molecule has 1 rings (SSSR count). The number of hydrogen-bond acceptors (Lipinski definition) is 4. The summed E-state index contributed by atoms with van der Waals surface area (Å²) in [5.74, 6) is -0.544. The molecule has 0 radical (unpaired) electrons. The van der Waals surface area contributed by atoms with Crippen molar-refractivity contribution < 1.29 is 9.53 Å². The summed E-state index contributed by atoms with van der Waals surface area (Å²) >= 11 is 0. The highest BCUT2D eigenvalue weighted by Crippen LogP contribution is 1.95. The van der Waals surface area contributed by atoms with Gasteiger partial charge in [-0.15, -0.1) is 0 Å². The van der Waals surface area contributed by atoms with Gasteiger partial charge in [-0.1, -0.05) is 0 Å². The van der Waals surface area contributed by atoms with E-state index in [9.17, 15) is 4.79 Å². The molecule has 0 fully saturated rings. The summed E-state index contributed by atoms with van der Waals surface area (Å²) in [5.41, 5.74) is 4.82. The van der Waals surface area contributed by atoms with Crippen LogP contribution in [0, 0.1) is 0 Å². The third kappa shape index (κ3) is 2.61. The molecule has 0 aliphatic carbocycles. The number of nitrogens with two attached hydrogens (primary N) is 1. The van der Waals surface area contributed by atoms with Crippen molar-refractivity contribution in [1.82, 2.24) is 9.97 Å². The van der Waals surface area contributed by atoms with Crippen LogP contribution in [0.2, 0.25) is 0 Å². The number of rotatable bonds is 3. The maximum atomic E-state index is 10.2. The van der Waals surface area contributed by atoms with Gasteiger partial charge < -0.3 is 10.5 Å². The van der Waals surface area contributed by atoms with E-state index in [-0.39, 0.29) is 12.6 Å². The van der Waals surface area contributed by atoms with Crippen molar-refractivity contribution in [2.75, 3.05) is 6.61 Å². The number of primary amides is 1. The third-order valence-corrected chi connectivity index (χ3v) is 0.886. The Labute approximate surface area is 63.2 Å². The second-order valence-electron chi connectivity index (χ2n) is 1.79. The monoisotopic (exact) mass is 153 g/mol. The molecule has 1 aromatic rings. The van der Waals surface area contributed by atoms with Gasteiger partial charge in [-0.25, -0.2) is 9.97 Å². The summed E-state index contributed by atoms with van der Waals surface area (Å²) in [6.07, 6.45) is 3.03. The lowest BCUT2D eigenvalue weighted by Gasteiger charge is -1.98. The van der Waals surface area contributed by atoms with E-state index in [1.54, 1.807) is 6.07 Å². The lowest BCUT2D eigenvalue weighted by atomic mass is 10.7. The van der Waals surface area contributed by atoms with E-state index in [0.717, 1.165) is 0 Å². The van der Waals surface area contributed by atoms with Gasteiger partial charge in [0, 0.05) is 12.4 Å². The molecule has 0 bridgehead atoms. The molecule has 0 aliphatic heterocycles.